The van der Waals surface area contributed by atoms with E-state index in [1.165, 1.54) is 0 Å². The van der Waals surface area contributed by atoms with Gasteiger partial charge in [-0.2, -0.15) is 0 Å². The molecule has 1 aliphatic rings. The highest BCUT2D eigenvalue weighted by atomic mass is 15.0. The molecule has 2 heteroatoms. The molecule has 0 amide bonds. The van der Waals surface area contributed by atoms with Gasteiger partial charge in [0.05, 0.1) is 16.9 Å². The Morgan fingerprint density at radius 3 is 2.80 bits per heavy atom. The van der Waals surface area contributed by atoms with E-state index in [1.807, 2.05) is 25.1 Å². The zero-order valence-electron chi connectivity index (χ0n) is 9.26. The average Bonchev–Trinajstić information content (AvgIpc) is 2.19. The fourth-order valence-electron chi connectivity index (χ4n) is 1.57. The lowest BCUT2D eigenvalue weighted by Crippen LogP contribution is -2.40. The zero-order chi connectivity index (χ0) is 11.1. The van der Waals surface area contributed by atoms with Crippen molar-refractivity contribution in [2.45, 2.75) is 26.3 Å². The second-order valence-electron chi connectivity index (χ2n) is 4.32. The van der Waals surface area contributed by atoms with Gasteiger partial charge in [0, 0.05) is 11.3 Å². The molecule has 0 radical (unpaired) electrons. The van der Waals surface area contributed by atoms with Crippen molar-refractivity contribution in [1.29, 1.82) is 0 Å². The second-order valence-corrected chi connectivity index (χ2v) is 4.32. The molecule has 1 N–H and O–H groups in total. The molecule has 76 valence electrons. The van der Waals surface area contributed by atoms with Crippen LogP contribution in [0.25, 0.3) is 0 Å². The van der Waals surface area contributed by atoms with Crippen LogP contribution in [-0.2, 0) is 0 Å². The maximum atomic E-state index is 5.35. The molecule has 0 unspecified atom stereocenters. The van der Waals surface area contributed by atoms with Crippen LogP contribution < -0.4 is 5.32 Å². The molecule has 0 aromatic heterocycles. The summed E-state index contributed by atoms with van der Waals surface area (Å²) in [5.41, 5.74) is 3.84. The van der Waals surface area contributed by atoms with Gasteiger partial charge in [0.25, 0.3) is 0 Å². The summed E-state index contributed by atoms with van der Waals surface area (Å²) in [5, 5.41) is 3.44. The Morgan fingerprint density at radius 1 is 1.40 bits per heavy atom. The Morgan fingerprint density at radius 2 is 2.13 bits per heavy atom. The summed E-state index contributed by atoms with van der Waals surface area (Å²) >= 11 is 0. The average molecular weight is 198 g/mol. The SMILES string of the molecule is C#Cc1ccc2c(c1)N=C(C)C(C)(C)N2. The summed E-state index contributed by atoms with van der Waals surface area (Å²) in [6.45, 7) is 6.26. The van der Waals surface area contributed by atoms with Crippen LogP contribution in [-0.4, -0.2) is 11.3 Å². The first-order chi connectivity index (χ1) is 7.03. The Kier molecular flexibility index (Phi) is 2.04. The van der Waals surface area contributed by atoms with Crippen LogP contribution in [0.1, 0.15) is 26.3 Å². The lowest BCUT2D eigenvalue weighted by atomic mass is 9.96. The lowest BCUT2D eigenvalue weighted by molar-refractivity contribution is 0.747. The largest absolute Gasteiger partial charge is 0.373 e. The summed E-state index contributed by atoms with van der Waals surface area (Å²) < 4.78 is 0. The summed E-state index contributed by atoms with van der Waals surface area (Å²) in [5.74, 6) is 2.62. The third-order valence-electron chi connectivity index (χ3n) is 2.80. The van der Waals surface area contributed by atoms with Crippen molar-refractivity contribution in [1.82, 2.24) is 0 Å². The minimum absolute atomic E-state index is 0.0787. The number of rotatable bonds is 0. The number of anilines is 1. The van der Waals surface area contributed by atoms with Gasteiger partial charge in [0.15, 0.2) is 0 Å². The quantitative estimate of drug-likeness (QED) is 0.637. The standard InChI is InChI=1S/C13H14N2/c1-5-10-6-7-11-12(8-10)14-9(2)13(3,4)15-11/h1,6-8,15H,2-4H3. The normalized spacial score (nSPS) is 17.1. The van der Waals surface area contributed by atoms with Crippen molar-refractivity contribution < 1.29 is 0 Å². The van der Waals surface area contributed by atoms with Crippen molar-refractivity contribution in [3.8, 4) is 12.3 Å². The van der Waals surface area contributed by atoms with Crippen LogP contribution in [0.2, 0.25) is 0 Å². The number of aliphatic imine (C=N–C) groups is 1. The van der Waals surface area contributed by atoms with E-state index in [0.717, 1.165) is 22.6 Å². The van der Waals surface area contributed by atoms with Crippen molar-refractivity contribution >= 4 is 17.1 Å². The summed E-state index contributed by atoms with van der Waals surface area (Å²) in [6, 6.07) is 5.85. The van der Waals surface area contributed by atoms with Gasteiger partial charge in [-0.1, -0.05) is 5.92 Å². The number of hydrogen-bond acceptors (Lipinski definition) is 2. The van der Waals surface area contributed by atoms with Crippen molar-refractivity contribution in [3.05, 3.63) is 23.8 Å². The van der Waals surface area contributed by atoms with Crippen LogP contribution in [0.5, 0.6) is 0 Å². The highest BCUT2D eigenvalue weighted by Gasteiger charge is 2.26. The molecule has 0 saturated carbocycles. The third-order valence-corrected chi connectivity index (χ3v) is 2.80. The van der Waals surface area contributed by atoms with Gasteiger partial charge in [0.2, 0.25) is 0 Å². The maximum absolute atomic E-state index is 5.35. The van der Waals surface area contributed by atoms with Gasteiger partial charge in [-0.3, -0.25) is 4.99 Å². The summed E-state index contributed by atoms with van der Waals surface area (Å²) in [4.78, 5) is 4.57. The van der Waals surface area contributed by atoms with E-state index >= 15 is 0 Å². The molecule has 1 aliphatic heterocycles. The minimum atomic E-state index is -0.0787. The number of nitrogens with one attached hydrogen (secondary N) is 1. The van der Waals surface area contributed by atoms with E-state index in [9.17, 15) is 0 Å². The molecule has 2 rings (SSSR count). The van der Waals surface area contributed by atoms with Gasteiger partial charge in [-0.25, -0.2) is 0 Å². The first-order valence-corrected chi connectivity index (χ1v) is 4.97. The van der Waals surface area contributed by atoms with Crippen LogP contribution in [0.15, 0.2) is 23.2 Å². The molecule has 0 bridgehead atoms. The van der Waals surface area contributed by atoms with E-state index in [1.54, 1.807) is 0 Å². The van der Waals surface area contributed by atoms with Crippen molar-refractivity contribution in [3.63, 3.8) is 0 Å². The molecule has 15 heavy (non-hydrogen) atoms. The number of hydrogen-bond donors (Lipinski definition) is 1. The predicted octanol–water partition coefficient (Wildman–Crippen LogP) is 2.96. The smallest absolute Gasteiger partial charge is 0.0873 e. The number of terminal acetylenes is 1. The Balaban J connectivity index is 2.54. The second kappa shape index (κ2) is 3.13. The minimum Gasteiger partial charge on any atom is -0.373 e. The topological polar surface area (TPSA) is 24.4 Å². The van der Waals surface area contributed by atoms with Crippen LogP contribution in [0, 0.1) is 12.3 Å². The van der Waals surface area contributed by atoms with Gasteiger partial charge >= 0.3 is 0 Å². The van der Waals surface area contributed by atoms with E-state index in [4.69, 9.17) is 6.42 Å². The van der Waals surface area contributed by atoms with Gasteiger partial charge < -0.3 is 5.32 Å². The maximum Gasteiger partial charge on any atom is 0.0873 e. The van der Waals surface area contributed by atoms with E-state index in [-0.39, 0.29) is 5.54 Å². The van der Waals surface area contributed by atoms with Gasteiger partial charge in [0.1, 0.15) is 0 Å². The van der Waals surface area contributed by atoms with E-state index < -0.39 is 0 Å². The van der Waals surface area contributed by atoms with Crippen molar-refractivity contribution in [2.24, 2.45) is 4.99 Å². The summed E-state index contributed by atoms with van der Waals surface area (Å²) in [6.07, 6.45) is 5.35. The fourth-order valence-corrected chi connectivity index (χ4v) is 1.57. The molecule has 1 aromatic rings. The lowest BCUT2D eigenvalue weighted by Gasteiger charge is -2.32. The van der Waals surface area contributed by atoms with E-state index in [2.05, 4.69) is 30.1 Å². The van der Waals surface area contributed by atoms with Gasteiger partial charge in [-0.15, -0.1) is 6.42 Å². The number of fused-ring (bicyclic) bond motifs is 1. The van der Waals surface area contributed by atoms with Crippen molar-refractivity contribution in [2.75, 3.05) is 5.32 Å². The molecule has 1 heterocycles. The molecular formula is C13H14N2. The molecule has 1 aromatic carbocycles. The highest BCUT2D eigenvalue weighted by Crippen LogP contribution is 2.33. The monoisotopic (exact) mass is 198 g/mol. The van der Waals surface area contributed by atoms with Crippen LogP contribution in [0.4, 0.5) is 11.4 Å². The van der Waals surface area contributed by atoms with E-state index in [0.29, 0.717) is 0 Å². The first kappa shape index (κ1) is 9.79. The zero-order valence-corrected chi connectivity index (χ0v) is 9.26. The Hall–Kier alpha value is -1.75. The fraction of sp³-hybridized carbons (Fsp3) is 0.308. The van der Waals surface area contributed by atoms with Crippen LogP contribution >= 0.6 is 0 Å². The number of benzene rings is 1. The number of nitrogens with zero attached hydrogens (tertiary/aromatic N) is 1. The molecule has 0 aliphatic carbocycles. The molecule has 0 saturated heterocycles. The molecule has 2 nitrogen and oxygen atoms in total. The molecule has 0 atom stereocenters. The molecular weight excluding hydrogens is 184 g/mol. The third kappa shape index (κ3) is 1.61. The van der Waals surface area contributed by atoms with Crippen LogP contribution in [0.3, 0.4) is 0 Å². The summed E-state index contributed by atoms with van der Waals surface area (Å²) in [7, 11) is 0. The Labute approximate surface area is 90.4 Å². The first-order valence-electron chi connectivity index (χ1n) is 4.97. The molecule has 0 spiro atoms. The highest BCUT2D eigenvalue weighted by molar-refractivity contribution is 5.99. The predicted molar refractivity (Wildman–Crippen MR) is 64.8 cm³/mol. The molecule has 0 fully saturated rings. The Bertz CT molecular complexity index is 476. The van der Waals surface area contributed by atoms with Gasteiger partial charge in [-0.05, 0) is 39.0 Å².